The molecular formula is C27H28N8O3. The standard InChI is InChI=1S/C27H28N8O3/c1-16-7-17(5-6-18(16)9-28-25(36)24-32-26(38-33-24)27(2,3)4)23-22-8-19(11-35(22)31-15-29-23)20-10-30-34(12-20)21-13-37-14-21/h5-8,10-12,15,21H,9,13-14H2,1-4H3,(H,28,36). The van der Waals surface area contributed by atoms with E-state index < -0.39 is 0 Å². The minimum Gasteiger partial charge on any atom is -0.377 e. The molecule has 0 aliphatic carbocycles. The van der Waals surface area contributed by atoms with Crippen LogP contribution in [0, 0.1) is 6.92 Å². The zero-order valence-corrected chi connectivity index (χ0v) is 21.7. The first kappa shape index (κ1) is 24.0. The zero-order valence-electron chi connectivity index (χ0n) is 21.7. The van der Waals surface area contributed by atoms with Gasteiger partial charge in [0.05, 0.1) is 36.7 Å². The lowest BCUT2D eigenvalue weighted by Crippen LogP contribution is -2.30. The zero-order chi connectivity index (χ0) is 26.4. The largest absolute Gasteiger partial charge is 0.377 e. The van der Waals surface area contributed by atoms with Crippen LogP contribution in [0.15, 0.2) is 53.7 Å². The van der Waals surface area contributed by atoms with E-state index in [4.69, 9.17) is 9.26 Å². The Morgan fingerprint density at radius 2 is 1.95 bits per heavy atom. The highest BCUT2D eigenvalue weighted by molar-refractivity contribution is 5.90. The van der Waals surface area contributed by atoms with Gasteiger partial charge in [-0.2, -0.15) is 15.2 Å². The van der Waals surface area contributed by atoms with Gasteiger partial charge in [0.25, 0.3) is 11.7 Å². The summed E-state index contributed by atoms with van der Waals surface area (Å²) in [5.74, 6) is 0.0805. The van der Waals surface area contributed by atoms with E-state index in [0.29, 0.717) is 31.7 Å². The Labute approximate surface area is 218 Å². The van der Waals surface area contributed by atoms with Gasteiger partial charge in [-0.05, 0) is 30.2 Å². The fraction of sp³-hybridized carbons (Fsp3) is 0.333. The summed E-state index contributed by atoms with van der Waals surface area (Å²) in [5, 5.41) is 15.6. The number of nitrogens with one attached hydrogen (secondary N) is 1. The van der Waals surface area contributed by atoms with Crippen LogP contribution in [0.25, 0.3) is 27.9 Å². The minimum absolute atomic E-state index is 0.0307. The number of hydrogen-bond donors (Lipinski definition) is 1. The first-order valence-corrected chi connectivity index (χ1v) is 12.4. The second-order valence-electron chi connectivity index (χ2n) is 10.6. The van der Waals surface area contributed by atoms with Crippen LogP contribution >= 0.6 is 0 Å². The molecule has 1 N–H and O–H groups in total. The summed E-state index contributed by atoms with van der Waals surface area (Å²) in [5.41, 5.74) is 6.41. The van der Waals surface area contributed by atoms with Gasteiger partial charge in [-0.3, -0.25) is 9.48 Å². The summed E-state index contributed by atoms with van der Waals surface area (Å²) in [6.07, 6.45) is 7.45. The SMILES string of the molecule is Cc1cc(-c2ncnn3cc(-c4cnn(C5COC5)c4)cc23)ccc1CNC(=O)c1noc(C(C)(C)C)n1. The molecule has 5 aromatic rings. The van der Waals surface area contributed by atoms with Crippen LogP contribution in [0.3, 0.4) is 0 Å². The molecule has 0 unspecified atom stereocenters. The lowest BCUT2D eigenvalue weighted by atomic mass is 9.97. The van der Waals surface area contributed by atoms with Crippen LogP contribution < -0.4 is 5.32 Å². The topological polar surface area (TPSA) is 125 Å². The monoisotopic (exact) mass is 512 g/mol. The van der Waals surface area contributed by atoms with Crippen LogP contribution in [0.1, 0.15) is 54.4 Å². The average molecular weight is 513 g/mol. The first-order chi connectivity index (χ1) is 18.3. The number of ether oxygens (including phenoxy) is 1. The van der Waals surface area contributed by atoms with Crippen molar-refractivity contribution in [2.75, 3.05) is 13.2 Å². The van der Waals surface area contributed by atoms with Gasteiger partial charge in [0.15, 0.2) is 0 Å². The van der Waals surface area contributed by atoms with Gasteiger partial charge in [-0.1, -0.05) is 38.1 Å². The smallest absolute Gasteiger partial charge is 0.292 e. The van der Waals surface area contributed by atoms with Gasteiger partial charge in [0, 0.05) is 41.0 Å². The molecule has 1 fully saturated rings. The fourth-order valence-electron chi connectivity index (χ4n) is 4.29. The second-order valence-corrected chi connectivity index (χ2v) is 10.6. The molecule has 194 valence electrons. The van der Waals surface area contributed by atoms with Gasteiger partial charge < -0.3 is 14.6 Å². The summed E-state index contributed by atoms with van der Waals surface area (Å²) >= 11 is 0. The first-order valence-electron chi connectivity index (χ1n) is 12.4. The van der Waals surface area contributed by atoms with Crippen molar-refractivity contribution < 1.29 is 14.1 Å². The van der Waals surface area contributed by atoms with Gasteiger partial charge in [-0.15, -0.1) is 0 Å². The van der Waals surface area contributed by atoms with Crippen molar-refractivity contribution in [3.05, 3.63) is 72.0 Å². The number of aromatic nitrogens is 7. The molecule has 1 saturated heterocycles. The van der Waals surface area contributed by atoms with Crippen LogP contribution in [0.4, 0.5) is 0 Å². The van der Waals surface area contributed by atoms with Crippen LogP contribution in [0.5, 0.6) is 0 Å². The minimum atomic E-state index is -0.376. The van der Waals surface area contributed by atoms with Crippen molar-refractivity contribution in [3.8, 4) is 22.4 Å². The Kier molecular flexibility index (Phi) is 5.79. The Morgan fingerprint density at radius 3 is 2.66 bits per heavy atom. The van der Waals surface area contributed by atoms with E-state index in [1.807, 2.05) is 67.6 Å². The summed E-state index contributed by atoms with van der Waals surface area (Å²) < 4.78 is 14.3. The van der Waals surface area contributed by atoms with Gasteiger partial charge in [0.2, 0.25) is 5.89 Å². The maximum Gasteiger partial charge on any atom is 0.292 e. The molecule has 5 heterocycles. The molecule has 6 rings (SSSR count). The average Bonchev–Trinajstić information content (AvgIpc) is 3.60. The van der Waals surface area contributed by atoms with E-state index in [2.05, 4.69) is 42.8 Å². The number of amides is 1. The lowest BCUT2D eigenvalue weighted by molar-refractivity contribution is -0.0286. The van der Waals surface area contributed by atoms with Gasteiger partial charge >= 0.3 is 0 Å². The van der Waals surface area contributed by atoms with Gasteiger partial charge in [-0.25, -0.2) is 9.50 Å². The molecule has 0 radical (unpaired) electrons. The van der Waals surface area contributed by atoms with E-state index in [1.54, 1.807) is 6.33 Å². The number of rotatable bonds is 6. The summed E-state index contributed by atoms with van der Waals surface area (Å²) in [4.78, 5) is 21.4. The van der Waals surface area contributed by atoms with E-state index in [9.17, 15) is 4.79 Å². The van der Waals surface area contributed by atoms with Crippen molar-refractivity contribution in [2.45, 2.75) is 45.7 Å². The molecule has 11 heteroatoms. The molecule has 4 aromatic heterocycles. The van der Waals surface area contributed by atoms with Crippen molar-refractivity contribution in [1.82, 2.24) is 39.8 Å². The predicted octanol–water partition coefficient (Wildman–Crippen LogP) is 3.75. The third-order valence-electron chi connectivity index (χ3n) is 6.66. The maximum absolute atomic E-state index is 12.6. The number of hydrogen-bond acceptors (Lipinski definition) is 8. The normalized spacial score (nSPS) is 14.1. The lowest BCUT2D eigenvalue weighted by Gasteiger charge is -2.25. The molecule has 1 aromatic carbocycles. The van der Waals surface area contributed by atoms with Crippen molar-refractivity contribution in [1.29, 1.82) is 0 Å². The molecule has 38 heavy (non-hydrogen) atoms. The van der Waals surface area contributed by atoms with Crippen LogP contribution in [-0.2, 0) is 16.7 Å². The highest BCUT2D eigenvalue weighted by atomic mass is 16.5. The molecule has 1 aliphatic heterocycles. The molecule has 0 saturated carbocycles. The highest BCUT2D eigenvalue weighted by Gasteiger charge is 2.24. The fourth-order valence-corrected chi connectivity index (χ4v) is 4.29. The second kappa shape index (κ2) is 9.18. The summed E-state index contributed by atoms with van der Waals surface area (Å²) in [6, 6.07) is 8.44. The quantitative estimate of drug-likeness (QED) is 0.365. The van der Waals surface area contributed by atoms with E-state index in [-0.39, 0.29) is 17.1 Å². The molecule has 0 bridgehead atoms. The molecule has 0 spiro atoms. The van der Waals surface area contributed by atoms with E-state index in [0.717, 1.165) is 39.0 Å². The number of fused-ring (bicyclic) bond motifs is 1. The summed E-state index contributed by atoms with van der Waals surface area (Å²) in [7, 11) is 0. The number of benzene rings is 1. The Bertz CT molecular complexity index is 1640. The highest BCUT2D eigenvalue weighted by Crippen LogP contribution is 2.30. The number of nitrogens with zero attached hydrogens (tertiary/aromatic N) is 7. The third kappa shape index (κ3) is 4.45. The number of carbonyl (C=O) groups excluding carboxylic acids is 1. The van der Waals surface area contributed by atoms with Crippen LogP contribution in [-0.4, -0.2) is 53.6 Å². The molecule has 1 aliphatic rings. The predicted molar refractivity (Wildman–Crippen MR) is 138 cm³/mol. The van der Waals surface area contributed by atoms with Crippen molar-refractivity contribution in [3.63, 3.8) is 0 Å². The maximum atomic E-state index is 12.6. The van der Waals surface area contributed by atoms with Crippen LogP contribution in [0.2, 0.25) is 0 Å². The molecule has 1 amide bonds. The Balaban J connectivity index is 1.20. The van der Waals surface area contributed by atoms with E-state index in [1.165, 1.54) is 0 Å². The number of carbonyl (C=O) groups is 1. The Morgan fingerprint density at radius 1 is 1.11 bits per heavy atom. The Hall–Kier alpha value is -4.38. The molecular weight excluding hydrogens is 484 g/mol. The summed E-state index contributed by atoms with van der Waals surface area (Å²) in [6.45, 7) is 9.60. The number of aryl methyl sites for hydroxylation is 1. The van der Waals surface area contributed by atoms with Gasteiger partial charge in [0.1, 0.15) is 6.33 Å². The van der Waals surface area contributed by atoms with Crippen molar-refractivity contribution >= 4 is 11.4 Å². The molecule has 0 atom stereocenters. The van der Waals surface area contributed by atoms with Crippen molar-refractivity contribution in [2.24, 2.45) is 0 Å². The third-order valence-corrected chi connectivity index (χ3v) is 6.66. The van der Waals surface area contributed by atoms with E-state index >= 15 is 0 Å². The molecule has 11 nitrogen and oxygen atoms in total.